The Balaban J connectivity index is 1.51. The molecule has 1 amide bonds. The Morgan fingerprint density at radius 2 is 1.93 bits per heavy atom. The quantitative estimate of drug-likeness (QED) is 0.598. The molecule has 1 spiro atoms. The average Bonchev–Trinajstić information content (AvgIpc) is 3.52. The van der Waals surface area contributed by atoms with Gasteiger partial charge in [0.1, 0.15) is 24.8 Å². The molecule has 2 aliphatic heterocycles. The molecule has 164 valence electrons. The Hall–Kier alpha value is -1.58. The van der Waals surface area contributed by atoms with Crippen molar-refractivity contribution < 1.29 is 27.8 Å². The highest BCUT2D eigenvalue weighted by Crippen LogP contribution is 2.39. The van der Waals surface area contributed by atoms with Crippen molar-refractivity contribution in [2.75, 3.05) is 32.8 Å². The van der Waals surface area contributed by atoms with E-state index in [4.69, 9.17) is 9.47 Å². The van der Waals surface area contributed by atoms with Crippen molar-refractivity contribution in [3.8, 4) is 0 Å². The molecule has 3 fully saturated rings. The Bertz CT molecular complexity index is 817. The molecule has 0 bridgehead atoms. The van der Waals surface area contributed by atoms with Gasteiger partial charge in [-0.05, 0) is 37.8 Å². The van der Waals surface area contributed by atoms with Crippen LogP contribution in [-0.2, 0) is 19.1 Å². The van der Waals surface area contributed by atoms with Gasteiger partial charge >= 0.3 is 5.97 Å². The molecule has 9 heteroatoms. The molecule has 4 rings (SSSR count). The number of carbonyl (C=O) groups excluding carboxylic acids is 2. The van der Waals surface area contributed by atoms with Crippen molar-refractivity contribution in [3.05, 3.63) is 33.8 Å². The minimum Gasteiger partial charge on any atom is -0.464 e. The molecule has 1 atom stereocenters. The highest BCUT2D eigenvalue weighted by atomic mass is 79.9. The molecule has 6 nitrogen and oxygen atoms in total. The second-order valence-corrected chi connectivity index (χ2v) is 9.28. The Morgan fingerprint density at radius 1 is 1.30 bits per heavy atom. The number of halogens is 3. The molecule has 2 saturated heterocycles. The highest BCUT2D eigenvalue weighted by Gasteiger charge is 2.47. The number of hydrogen-bond acceptors (Lipinski definition) is 5. The van der Waals surface area contributed by atoms with Crippen LogP contribution >= 0.6 is 15.9 Å². The van der Waals surface area contributed by atoms with Crippen LogP contribution in [0.15, 0.2) is 16.6 Å². The van der Waals surface area contributed by atoms with Crippen LogP contribution in [0.5, 0.6) is 0 Å². The first-order valence-corrected chi connectivity index (χ1v) is 11.0. The summed E-state index contributed by atoms with van der Waals surface area (Å²) in [6.45, 7) is 2.84. The number of likely N-dealkylation sites (tertiary alicyclic amines) is 1. The topological polar surface area (TPSA) is 59.1 Å². The largest absolute Gasteiger partial charge is 0.464 e. The van der Waals surface area contributed by atoms with Crippen LogP contribution in [0.25, 0.3) is 0 Å². The second-order valence-electron chi connectivity index (χ2n) is 8.36. The van der Waals surface area contributed by atoms with Gasteiger partial charge in [-0.2, -0.15) is 0 Å². The van der Waals surface area contributed by atoms with E-state index in [1.54, 1.807) is 0 Å². The second kappa shape index (κ2) is 8.51. The van der Waals surface area contributed by atoms with Gasteiger partial charge in [0.15, 0.2) is 0 Å². The van der Waals surface area contributed by atoms with E-state index in [0.717, 1.165) is 12.8 Å². The number of amides is 1. The molecular weight excluding hydrogens is 462 g/mol. The van der Waals surface area contributed by atoms with Gasteiger partial charge in [0.2, 0.25) is 5.91 Å². The van der Waals surface area contributed by atoms with Gasteiger partial charge in [-0.3, -0.25) is 14.5 Å². The van der Waals surface area contributed by atoms with Crippen LogP contribution in [0.1, 0.15) is 44.2 Å². The molecule has 0 aromatic heterocycles. The molecule has 1 unspecified atom stereocenters. The molecule has 0 N–H and O–H groups in total. The molecule has 1 saturated carbocycles. The number of rotatable bonds is 5. The fourth-order valence-corrected chi connectivity index (χ4v) is 4.85. The minimum atomic E-state index is -0.732. The minimum absolute atomic E-state index is 0.0392. The van der Waals surface area contributed by atoms with Gasteiger partial charge in [0.05, 0.1) is 18.2 Å². The van der Waals surface area contributed by atoms with Crippen LogP contribution in [-0.4, -0.2) is 66.2 Å². The van der Waals surface area contributed by atoms with Crippen molar-refractivity contribution in [3.63, 3.8) is 0 Å². The van der Waals surface area contributed by atoms with Crippen LogP contribution in [0.4, 0.5) is 8.78 Å². The normalized spacial score (nSPS) is 22.9. The average molecular weight is 487 g/mol. The van der Waals surface area contributed by atoms with Gasteiger partial charge in [-0.1, -0.05) is 15.9 Å². The first-order valence-electron chi connectivity index (χ1n) is 10.2. The third kappa shape index (κ3) is 4.53. The van der Waals surface area contributed by atoms with E-state index in [-0.39, 0.29) is 24.7 Å². The van der Waals surface area contributed by atoms with Crippen molar-refractivity contribution in [2.45, 2.75) is 50.3 Å². The van der Waals surface area contributed by atoms with Crippen LogP contribution in [0, 0.1) is 11.6 Å². The maximum atomic E-state index is 14.7. The molecular formula is C21H25BrF2N2O4. The number of piperidine rings is 1. The summed E-state index contributed by atoms with van der Waals surface area (Å²) in [4.78, 5) is 27.4. The summed E-state index contributed by atoms with van der Waals surface area (Å²) >= 11 is 3.10. The summed E-state index contributed by atoms with van der Waals surface area (Å²) in [6, 6.07) is 2.03. The van der Waals surface area contributed by atoms with E-state index in [1.165, 1.54) is 19.1 Å². The van der Waals surface area contributed by atoms with Crippen LogP contribution in [0.3, 0.4) is 0 Å². The first kappa shape index (κ1) is 21.6. The third-order valence-corrected chi connectivity index (χ3v) is 6.70. The number of ether oxygens (including phenoxy) is 2. The zero-order valence-corrected chi connectivity index (χ0v) is 18.4. The number of nitrogens with zero attached hydrogens (tertiary/aromatic N) is 2. The smallest absolute Gasteiger partial charge is 0.302 e. The molecule has 30 heavy (non-hydrogen) atoms. The van der Waals surface area contributed by atoms with Crippen molar-refractivity contribution in [2.24, 2.45) is 0 Å². The van der Waals surface area contributed by atoms with E-state index in [1.807, 2.05) is 9.80 Å². The third-order valence-electron chi connectivity index (χ3n) is 6.24. The molecule has 1 aliphatic carbocycles. The molecule has 0 radical (unpaired) electrons. The predicted octanol–water partition coefficient (Wildman–Crippen LogP) is 3.19. The zero-order valence-electron chi connectivity index (χ0n) is 16.8. The lowest BCUT2D eigenvalue weighted by Gasteiger charge is -2.48. The highest BCUT2D eigenvalue weighted by molar-refractivity contribution is 9.10. The molecule has 1 aromatic rings. The van der Waals surface area contributed by atoms with Gasteiger partial charge in [0, 0.05) is 36.1 Å². The van der Waals surface area contributed by atoms with Crippen molar-refractivity contribution in [1.82, 2.24) is 9.80 Å². The summed E-state index contributed by atoms with van der Waals surface area (Å²) in [5.41, 5.74) is -0.523. The number of esters is 1. The predicted molar refractivity (Wildman–Crippen MR) is 108 cm³/mol. The molecule has 3 aliphatic rings. The van der Waals surface area contributed by atoms with Crippen LogP contribution < -0.4 is 0 Å². The van der Waals surface area contributed by atoms with Gasteiger partial charge < -0.3 is 14.4 Å². The Morgan fingerprint density at radius 3 is 2.50 bits per heavy atom. The van der Waals surface area contributed by atoms with E-state index < -0.39 is 29.2 Å². The summed E-state index contributed by atoms with van der Waals surface area (Å²) in [5.74, 6) is -1.82. The number of carbonyl (C=O) groups is 2. The number of benzene rings is 1. The monoisotopic (exact) mass is 486 g/mol. The fraction of sp³-hybridized carbons (Fsp3) is 0.619. The lowest BCUT2D eigenvalue weighted by atomic mass is 9.87. The summed E-state index contributed by atoms with van der Waals surface area (Å²) in [6.07, 6.45) is 3.36. The van der Waals surface area contributed by atoms with E-state index in [0.29, 0.717) is 43.0 Å². The van der Waals surface area contributed by atoms with Gasteiger partial charge in [0.25, 0.3) is 0 Å². The molecule has 1 aromatic carbocycles. The zero-order chi connectivity index (χ0) is 21.5. The first-order chi connectivity index (χ1) is 14.3. The van der Waals surface area contributed by atoms with Gasteiger partial charge in [-0.25, -0.2) is 8.78 Å². The van der Waals surface area contributed by atoms with Gasteiger partial charge in [-0.15, -0.1) is 0 Å². The van der Waals surface area contributed by atoms with Crippen LogP contribution in [0.2, 0.25) is 0 Å². The lowest BCUT2D eigenvalue weighted by Crippen LogP contribution is -2.59. The van der Waals surface area contributed by atoms with Crippen molar-refractivity contribution in [1.29, 1.82) is 0 Å². The summed E-state index contributed by atoms with van der Waals surface area (Å²) < 4.78 is 40.8. The standard InChI is InChI=1S/C21H25BrF2N2O4/c1-13(27)29-10-18(20-16(23)8-14(22)9-17(20)24)25-6-4-21(5-7-25)12-26(15-2-3-15)19(28)11-30-21/h8-9,15,18H,2-7,10-12H2,1H3. The summed E-state index contributed by atoms with van der Waals surface area (Å²) in [7, 11) is 0. The SMILES string of the molecule is CC(=O)OCC(c1c(F)cc(Br)cc1F)N1CCC2(CC1)CN(C1CC1)C(=O)CO2. The van der Waals surface area contributed by atoms with E-state index in [2.05, 4.69) is 15.9 Å². The Kier molecular flexibility index (Phi) is 6.14. The Labute approximate surface area is 182 Å². The number of morpholine rings is 1. The summed E-state index contributed by atoms with van der Waals surface area (Å²) in [5, 5.41) is 0. The fourth-order valence-electron chi connectivity index (χ4n) is 4.45. The number of hydrogen-bond donors (Lipinski definition) is 0. The van der Waals surface area contributed by atoms with Crippen molar-refractivity contribution >= 4 is 27.8 Å². The van der Waals surface area contributed by atoms with E-state index >= 15 is 0 Å². The maximum absolute atomic E-state index is 14.7. The van der Waals surface area contributed by atoms with E-state index in [9.17, 15) is 18.4 Å². The maximum Gasteiger partial charge on any atom is 0.302 e. The lowest BCUT2D eigenvalue weighted by molar-refractivity contribution is -0.174. The molecule has 2 heterocycles.